The second-order valence-corrected chi connectivity index (χ2v) is 4.89. The molecule has 0 heterocycles. The first-order chi connectivity index (χ1) is 8.56. The number of hydrogen-bond donors (Lipinski definition) is 0. The Balaban J connectivity index is 2.51. The highest BCUT2D eigenvalue weighted by atomic mass is 79.9. The van der Waals surface area contributed by atoms with E-state index in [0.717, 1.165) is 22.3 Å². The lowest BCUT2D eigenvalue weighted by atomic mass is 10.2. The van der Waals surface area contributed by atoms with Crippen molar-refractivity contribution in [1.82, 2.24) is 4.90 Å². The molecule has 0 aliphatic heterocycles. The molecule has 0 unspecified atom stereocenters. The standard InChI is InChI=1S/C13H18BrNO3/c1-15(7-6-13(16)18-3)9-10-4-5-12(17-2)11(14)8-10/h4-5,8H,6-7,9H2,1-3H3. The molecule has 0 fully saturated rings. The minimum Gasteiger partial charge on any atom is -0.496 e. The number of carbonyl (C=O) groups is 1. The van der Waals surface area contributed by atoms with Crippen LogP contribution in [0.25, 0.3) is 0 Å². The summed E-state index contributed by atoms with van der Waals surface area (Å²) in [4.78, 5) is 13.1. The lowest BCUT2D eigenvalue weighted by Crippen LogP contribution is -2.21. The molecule has 1 rings (SSSR count). The van der Waals surface area contributed by atoms with Gasteiger partial charge in [-0.05, 0) is 40.7 Å². The predicted molar refractivity (Wildman–Crippen MR) is 73.7 cm³/mol. The predicted octanol–water partition coefficient (Wildman–Crippen LogP) is 2.45. The van der Waals surface area contributed by atoms with Gasteiger partial charge in [0.15, 0.2) is 0 Å². The highest BCUT2D eigenvalue weighted by Gasteiger charge is 2.06. The van der Waals surface area contributed by atoms with Crippen molar-refractivity contribution in [2.75, 3.05) is 27.8 Å². The third-order valence-electron chi connectivity index (χ3n) is 2.59. The number of esters is 1. The molecule has 0 amide bonds. The first-order valence-electron chi connectivity index (χ1n) is 5.64. The number of halogens is 1. The molecule has 1 aromatic rings. The van der Waals surface area contributed by atoms with Crippen LogP contribution < -0.4 is 4.74 Å². The van der Waals surface area contributed by atoms with Crippen molar-refractivity contribution in [2.24, 2.45) is 0 Å². The van der Waals surface area contributed by atoms with Gasteiger partial charge >= 0.3 is 5.97 Å². The molecule has 0 atom stereocenters. The normalized spacial score (nSPS) is 10.5. The highest BCUT2D eigenvalue weighted by Crippen LogP contribution is 2.25. The van der Waals surface area contributed by atoms with Gasteiger partial charge < -0.3 is 14.4 Å². The summed E-state index contributed by atoms with van der Waals surface area (Å²) in [7, 11) is 5.02. The van der Waals surface area contributed by atoms with Crippen LogP contribution in [0.5, 0.6) is 5.75 Å². The number of benzene rings is 1. The summed E-state index contributed by atoms with van der Waals surface area (Å²) in [5, 5.41) is 0. The van der Waals surface area contributed by atoms with E-state index in [9.17, 15) is 4.79 Å². The molecule has 0 aliphatic rings. The van der Waals surface area contributed by atoms with Crippen LogP contribution in [0.3, 0.4) is 0 Å². The first-order valence-corrected chi connectivity index (χ1v) is 6.44. The van der Waals surface area contributed by atoms with Gasteiger partial charge in [0.2, 0.25) is 0 Å². The summed E-state index contributed by atoms with van der Waals surface area (Å²) in [6, 6.07) is 5.96. The van der Waals surface area contributed by atoms with E-state index in [0.29, 0.717) is 13.0 Å². The molecule has 0 aromatic heterocycles. The Labute approximate surface area is 116 Å². The largest absolute Gasteiger partial charge is 0.496 e. The smallest absolute Gasteiger partial charge is 0.306 e. The molecule has 0 bridgehead atoms. The zero-order valence-corrected chi connectivity index (χ0v) is 12.5. The highest BCUT2D eigenvalue weighted by molar-refractivity contribution is 9.10. The van der Waals surface area contributed by atoms with E-state index in [1.165, 1.54) is 7.11 Å². The van der Waals surface area contributed by atoms with Crippen LogP contribution in [0.15, 0.2) is 22.7 Å². The minimum atomic E-state index is -0.183. The summed E-state index contributed by atoms with van der Waals surface area (Å²) >= 11 is 3.45. The van der Waals surface area contributed by atoms with Gasteiger partial charge in [-0.25, -0.2) is 0 Å². The molecule has 18 heavy (non-hydrogen) atoms. The van der Waals surface area contributed by atoms with Gasteiger partial charge in [-0.2, -0.15) is 0 Å². The Morgan fingerprint density at radius 2 is 2.11 bits per heavy atom. The van der Waals surface area contributed by atoms with Crippen LogP contribution in [0.4, 0.5) is 0 Å². The van der Waals surface area contributed by atoms with Gasteiger partial charge in [0.25, 0.3) is 0 Å². The molecule has 0 spiro atoms. The summed E-state index contributed by atoms with van der Waals surface area (Å²) in [5.74, 6) is 0.633. The maximum atomic E-state index is 11.0. The molecule has 1 aromatic carbocycles. The number of carbonyl (C=O) groups excluding carboxylic acids is 1. The fourth-order valence-corrected chi connectivity index (χ4v) is 2.17. The maximum absolute atomic E-state index is 11.0. The fourth-order valence-electron chi connectivity index (χ4n) is 1.58. The quantitative estimate of drug-likeness (QED) is 0.756. The van der Waals surface area contributed by atoms with Crippen molar-refractivity contribution < 1.29 is 14.3 Å². The van der Waals surface area contributed by atoms with Crippen LogP contribution in [0.1, 0.15) is 12.0 Å². The average molecular weight is 316 g/mol. The molecular formula is C13H18BrNO3. The molecule has 5 heteroatoms. The van der Waals surface area contributed by atoms with Crippen molar-refractivity contribution in [3.63, 3.8) is 0 Å². The van der Waals surface area contributed by atoms with E-state index >= 15 is 0 Å². The summed E-state index contributed by atoms with van der Waals surface area (Å²) in [6.45, 7) is 1.45. The van der Waals surface area contributed by atoms with Gasteiger partial charge in [-0.3, -0.25) is 4.79 Å². The number of nitrogens with zero attached hydrogens (tertiary/aromatic N) is 1. The van der Waals surface area contributed by atoms with Gasteiger partial charge in [-0.15, -0.1) is 0 Å². The average Bonchev–Trinajstić information content (AvgIpc) is 2.36. The molecule has 100 valence electrons. The van der Waals surface area contributed by atoms with Crippen LogP contribution >= 0.6 is 15.9 Å². The second kappa shape index (κ2) is 7.38. The van der Waals surface area contributed by atoms with Crippen LogP contribution in [0.2, 0.25) is 0 Å². The van der Waals surface area contributed by atoms with E-state index in [1.54, 1.807) is 7.11 Å². The molecule has 0 saturated heterocycles. The molecule has 4 nitrogen and oxygen atoms in total. The van der Waals surface area contributed by atoms with Crippen molar-refractivity contribution in [1.29, 1.82) is 0 Å². The fraction of sp³-hybridized carbons (Fsp3) is 0.462. The van der Waals surface area contributed by atoms with Crippen molar-refractivity contribution in [3.8, 4) is 5.75 Å². The number of methoxy groups -OCH3 is 2. The zero-order chi connectivity index (χ0) is 13.5. The lowest BCUT2D eigenvalue weighted by molar-refractivity contribution is -0.140. The maximum Gasteiger partial charge on any atom is 0.306 e. The van der Waals surface area contributed by atoms with Crippen molar-refractivity contribution >= 4 is 21.9 Å². The van der Waals surface area contributed by atoms with E-state index in [4.69, 9.17) is 4.74 Å². The summed E-state index contributed by atoms with van der Waals surface area (Å²) in [6.07, 6.45) is 0.407. The Bertz CT molecular complexity index is 409. The number of ether oxygens (including phenoxy) is 2. The van der Waals surface area contributed by atoms with Crippen LogP contribution in [-0.4, -0.2) is 38.7 Å². The first kappa shape index (κ1) is 15.0. The third-order valence-corrected chi connectivity index (χ3v) is 3.21. The Kier molecular flexibility index (Phi) is 6.15. The number of hydrogen-bond acceptors (Lipinski definition) is 4. The molecule has 0 radical (unpaired) electrons. The van der Waals surface area contributed by atoms with Crippen LogP contribution in [0, 0.1) is 0 Å². The molecule has 0 aliphatic carbocycles. The van der Waals surface area contributed by atoms with E-state index < -0.39 is 0 Å². The molecular weight excluding hydrogens is 298 g/mol. The Hall–Kier alpha value is -1.07. The van der Waals surface area contributed by atoms with Crippen molar-refractivity contribution in [3.05, 3.63) is 28.2 Å². The van der Waals surface area contributed by atoms with Gasteiger partial charge in [0.1, 0.15) is 5.75 Å². The monoisotopic (exact) mass is 315 g/mol. The second-order valence-electron chi connectivity index (χ2n) is 4.03. The summed E-state index contributed by atoms with van der Waals surface area (Å²) < 4.78 is 10.7. The van der Waals surface area contributed by atoms with Gasteiger partial charge in [0.05, 0.1) is 25.1 Å². The zero-order valence-electron chi connectivity index (χ0n) is 10.9. The van der Waals surface area contributed by atoms with E-state index in [2.05, 4.69) is 25.6 Å². The Morgan fingerprint density at radius 3 is 2.67 bits per heavy atom. The van der Waals surface area contributed by atoms with Crippen LogP contribution in [-0.2, 0) is 16.1 Å². The lowest BCUT2D eigenvalue weighted by Gasteiger charge is -2.16. The SMILES string of the molecule is COC(=O)CCN(C)Cc1ccc(OC)c(Br)c1. The van der Waals surface area contributed by atoms with E-state index in [-0.39, 0.29) is 5.97 Å². The minimum absolute atomic E-state index is 0.183. The molecule has 0 N–H and O–H groups in total. The van der Waals surface area contributed by atoms with Gasteiger partial charge in [0, 0.05) is 13.1 Å². The Morgan fingerprint density at radius 1 is 1.39 bits per heavy atom. The van der Waals surface area contributed by atoms with Crippen molar-refractivity contribution in [2.45, 2.75) is 13.0 Å². The molecule has 0 saturated carbocycles. The van der Waals surface area contributed by atoms with Gasteiger partial charge in [-0.1, -0.05) is 6.07 Å². The summed E-state index contributed by atoms with van der Waals surface area (Å²) in [5.41, 5.74) is 1.16. The topological polar surface area (TPSA) is 38.8 Å². The van der Waals surface area contributed by atoms with E-state index in [1.807, 2.05) is 25.2 Å². The number of rotatable bonds is 6. The third kappa shape index (κ3) is 4.66.